The minimum atomic E-state index is -0.369. The highest BCUT2D eigenvalue weighted by atomic mass is 35.5. The summed E-state index contributed by atoms with van der Waals surface area (Å²) in [5, 5.41) is 3.58. The number of nitrogens with zero attached hydrogens (tertiary/aromatic N) is 2. The van der Waals surface area contributed by atoms with Crippen LogP contribution in [0.2, 0.25) is 5.02 Å². The van der Waals surface area contributed by atoms with Crippen molar-refractivity contribution in [3.63, 3.8) is 0 Å². The van der Waals surface area contributed by atoms with Crippen LogP contribution in [0, 0.1) is 12.7 Å². The van der Waals surface area contributed by atoms with E-state index >= 15 is 0 Å². The van der Waals surface area contributed by atoms with Crippen molar-refractivity contribution in [3.8, 4) is 5.75 Å². The lowest BCUT2D eigenvalue weighted by Gasteiger charge is -2.12. The first-order valence-electron chi connectivity index (χ1n) is 10.4. The molecule has 1 aromatic heterocycles. The fourth-order valence-electron chi connectivity index (χ4n) is 3.52. The second kappa shape index (κ2) is 9.83. The summed E-state index contributed by atoms with van der Waals surface area (Å²) in [6.07, 6.45) is 0.557. The van der Waals surface area contributed by atoms with Crippen molar-refractivity contribution >= 4 is 28.5 Å². The number of aryl methyl sites for hydroxylation is 1. The van der Waals surface area contributed by atoms with Crippen molar-refractivity contribution in [1.29, 1.82) is 0 Å². The molecule has 0 aliphatic carbocycles. The molecule has 0 bridgehead atoms. The molecule has 32 heavy (non-hydrogen) atoms. The molecule has 5 nitrogen and oxygen atoms in total. The molecule has 7 heteroatoms. The number of rotatable bonds is 8. The molecular weight excluding hydrogens is 429 g/mol. The van der Waals surface area contributed by atoms with Crippen LogP contribution < -0.4 is 10.1 Å². The molecule has 0 fully saturated rings. The number of benzene rings is 3. The second-order valence-electron chi connectivity index (χ2n) is 7.44. The van der Waals surface area contributed by atoms with Crippen molar-refractivity contribution in [3.05, 3.63) is 94.5 Å². The number of halogens is 2. The molecule has 0 aliphatic rings. The van der Waals surface area contributed by atoms with E-state index in [1.54, 1.807) is 0 Å². The largest absolute Gasteiger partial charge is 0.492 e. The monoisotopic (exact) mass is 451 g/mol. The van der Waals surface area contributed by atoms with E-state index in [-0.39, 0.29) is 11.7 Å². The summed E-state index contributed by atoms with van der Waals surface area (Å²) in [5.41, 5.74) is 3.30. The molecule has 0 saturated heterocycles. The summed E-state index contributed by atoms with van der Waals surface area (Å²) in [4.78, 5) is 17.0. The number of hydrogen-bond acceptors (Lipinski definition) is 3. The number of amides is 1. The fourth-order valence-corrected chi connectivity index (χ4v) is 3.64. The first-order chi connectivity index (χ1) is 15.5. The lowest BCUT2D eigenvalue weighted by molar-refractivity contribution is 0.0954. The number of para-hydroxylation sites is 2. The van der Waals surface area contributed by atoms with Crippen LogP contribution in [0.15, 0.2) is 66.7 Å². The third-order valence-corrected chi connectivity index (χ3v) is 5.61. The Morgan fingerprint density at radius 1 is 1.12 bits per heavy atom. The number of carbonyl (C=O) groups excluding carboxylic acids is 1. The van der Waals surface area contributed by atoms with Gasteiger partial charge in [-0.3, -0.25) is 4.79 Å². The van der Waals surface area contributed by atoms with Gasteiger partial charge in [0.05, 0.1) is 17.6 Å². The van der Waals surface area contributed by atoms with E-state index in [0.29, 0.717) is 36.7 Å². The number of ether oxygens (including phenoxy) is 1. The van der Waals surface area contributed by atoms with Crippen LogP contribution in [0.1, 0.15) is 21.7 Å². The standard InChI is InChI=1S/C25H23ClFN3O2/c1-17-16-20(10-11-21(17)26)32-15-14-30-23-5-3-2-4-22(23)29-24(30)12-13-28-25(31)18-6-8-19(27)9-7-18/h2-11,16H,12-15H2,1H3,(H,28,31). The molecule has 4 rings (SSSR count). The van der Waals surface area contributed by atoms with Gasteiger partial charge in [-0.2, -0.15) is 0 Å². The van der Waals surface area contributed by atoms with E-state index in [2.05, 4.69) is 9.88 Å². The predicted molar refractivity (Wildman–Crippen MR) is 124 cm³/mol. The highest BCUT2D eigenvalue weighted by molar-refractivity contribution is 6.31. The summed E-state index contributed by atoms with van der Waals surface area (Å²) >= 11 is 6.08. The molecule has 0 radical (unpaired) electrons. The maximum absolute atomic E-state index is 13.1. The SMILES string of the molecule is Cc1cc(OCCn2c(CCNC(=O)c3ccc(F)cc3)nc3ccccc32)ccc1Cl. The van der Waals surface area contributed by atoms with Crippen LogP contribution >= 0.6 is 11.6 Å². The summed E-state index contributed by atoms with van der Waals surface area (Å²) in [6.45, 7) is 3.44. The van der Waals surface area contributed by atoms with Gasteiger partial charge in [0.1, 0.15) is 24.0 Å². The number of nitrogens with one attached hydrogen (secondary N) is 1. The minimum absolute atomic E-state index is 0.242. The van der Waals surface area contributed by atoms with Crippen LogP contribution in [0.5, 0.6) is 5.75 Å². The first kappa shape index (κ1) is 21.8. The van der Waals surface area contributed by atoms with E-state index in [0.717, 1.165) is 28.2 Å². The summed E-state index contributed by atoms with van der Waals surface area (Å²) in [6, 6.07) is 19.0. The van der Waals surface area contributed by atoms with E-state index in [4.69, 9.17) is 21.3 Å². The fraction of sp³-hybridized carbons (Fsp3) is 0.200. The Morgan fingerprint density at radius 3 is 2.69 bits per heavy atom. The minimum Gasteiger partial charge on any atom is -0.492 e. The number of fused-ring (bicyclic) bond motifs is 1. The highest BCUT2D eigenvalue weighted by Gasteiger charge is 2.12. The van der Waals surface area contributed by atoms with Crippen molar-refractivity contribution in [1.82, 2.24) is 14.9 Å². The van der Waals surface area contributed by atoms with Gasteiger partial charge in [0.2, 0.25) is 0 Å². The lowest BCUT2D eigenvalue weighted by atomic mass is 10.2. The van der Waals surface area contributed by atoms with Crippen molar-refractivity contribution < 1.29 is 13.9 Å². The summed E-state index contributed by atoms with van der Waals surface area (Å²) < 4.78 is 21.1. The summed E-state index contributed by atoms with van der Waals surface area (Å²) in [5.74, 6) is 1.02. The molecule has 0 unspecified atom stereocenters. The molecule has 4 aromatic rings. The van der Waals surface area contributed by atoms with Gasteiger partial charge in [-0.15, -0.1) is 0 Å². The van der Waals surface area contributed by atoms with E-state index in [1.807, 2.05) is 49.4 Å². The zero-order chi connectivity index (χ0) is 22.5. The predicted octanol–water partition coefficient (Wildman–Crippen LogP) is 5.19. The zero-order valence-electron chi connectivity index (χ0n) is 17.6. The molecule has 164 valence electrons. The molecule has 3 aromatic carbocycles. The van der Waals surface area contributed by atoms with Gasteiger partial charge in [-0.1, -0.05) is 23.7 Å². The van der Waals surface area contributed by atoms with Crippen molar-refractivity contribution in [2.45, 2.75) is 19.9 Å². The lowest BCUT2D eigenvalue weighted by Crippen LogP contribution is -2.26. The smallest absolute Gasteiger partial charge is 0.251 e. The van der Waals surface area contributed by atoms with Crippen molar-refractivity contribution in [2.24, 2.45) is 0 Å². The van der Waals surface area contributed by atoms with Crippen LogP contribution in [-0.4, -0.2) is 28.6 Å². The van der Waals surface area contributed by atoms with Gasteiger partial charge in [-0.05, 0) is 67.1 Å². The van der Waals surface area contributed by atoms with E-state index < -0.39 is 0 Å². The van der Waals surface area contributed by atoms with Gasteiger partial charge < -0.3 is 14.6 Å². The molecule has 0 spiro atoms. The molecule has 1 heterocycles. The Bertz CT molecular complexity index is 1240. The number of hydrogen-bond donors (Lipinski definition) is 1. The van der Waals surface area contributed by atoms with E-state index in [1.165, 1.54) is 24.3 Å². The summed E-state index contributed by atoms with van der Waals surface area (Å²) in [7, 11) is 0. The maximum Gasteiger partial charge on any atom is 0.251 e. The van der Waals surface area contributed by atoms with Crippen LogP contribution in [0.25, 0.3) is 11.0 Å². The number of imidazole rings is 1. The Balaban J connectivity index is 1.42. The Morgan fingerprint density at radius 2 is 1.91 bits per heavy atom. The average Bonchev–Trinajstić information content (AvgIpc) is 3.14. The normalized spacial score (nSPS) is 11.0. The van der Waals surface area contributed by atoms with Gasteiger partial charge in [0.15, 0.2) is 0 Å². The second-order valence-corrected chi connectivity index (χ2v) is 7.85. The van der Waals surface area contributed by atoms with Crippen molar-refractivity contribution in [2.75, 3.05) is 13.2 Å². The highest BCUT2D eigenvalue weighted by Crippen LogP contribution is 2.21. The number of aromatic nitrogens is 2. The van der Waals surface area contributed by atoms with Gasteiger partial charge in [-0.25, -0.2) is 9.37 Å². The molecule has 1 N–H and O–H groups in total. The number of carbonyl (C=O) groups is 1. The van der Waals surface area contributed by atoms with Gasteiger partial charge in [0.25, 0.3) is 5.91 Å². The van der Waals surface area contributed by atoms with Crippen LogP contribution in [0.3, 0.4) is 0 Å². The Hall–Kier alpha value is -3.38. The molecular formula is C25H23ClFN3O2. The van der Waals surface area contributed by atoms with Gasteiger partial charge >= 0.3 is 0 Å². The quantitative estimate of drug-likeness (QED) is 0.401. The van der Waals surface area contributed by atoms with Gasteiger partial charge in [0, 0.05) is 23.6 Å². The third-order valence-electron chi connectivity index (χ3n) is 5.19. The first-order valence-corrected chi connectivity index (χ1v) is 10.8. The average molecular weight is 452 g/mol. The topological polar surface area (TPSA) is 56.1 Å². The molecule has 0 aliphatic heterocycles. The zero-order valence-corrected chi connectivity index (χ0v) is 18.4. The molecule has 0 atom stereocenters. The Labute approximate surface area is 190 Å². The maximum atomic E-state index is 13.1. The van der Waals surface area contributed by atoms with E-state index in [9.17, 15) is 9.18 Å². The molecule has 1 amide bonds. The van der Waals surface area contributed by atoms with Crippen LogP contribution in [0.4, 0.5) is 4.39 Å². The molecule has 0 saturated carbocycles. The van der Waals surface area contributed by atoms with Crippen LogP contribution in [-0.2, 0) is 13.0 Å². The Kier molecular flexibility index (Phi) is 6.71. The third kappa shape index (κ3) is 5.08.